The zero-order valence-corrected chi connectivity index (χ0v) is 18.3. The minimum absolute atomic E-state index is 0.0172. The third-order valence-corrected chi connectivity index (χ3v) is 6.18. The number of rotatable bonds is 4. The highest BCUT2D eigenvalue weighted by atomic mass is 35.5. The van der Waals surface area contributed by atoms with E-state index >= 15 is 0 Å². The van der Waals surface area contributed by atoms with Crippen LogP contribution < -0.4 is 0 Å². The van der Waals surface area contributed by atoms with Gasteiger partial charge in [0.25, 0.3) is 11.6 Å². The molecule has 2 aromatic carbocycles. The maximum Gasteiger partial charge on any atom is 0.283 e. The van der Waals surface area contributed by atoms with Crippen LogP contribution in [-0.4, -0.2) is 26.7 Å². The number of hydrogen-bond donors (Lipinski definition) is 1. The van der Waals surface area contributed by atoms with Crippen molar-refractivity contribution in [3.8, 4) is 11.3 Å². The second-order valence-corrected chi connectivity index (χ2v) is 8.30. The number of halogens is 1. The third-order valence-electron chi connectivity index (χ3n) is 5.02. The van der Waals surface area contributed by atoms with Crippen molar-refractivity contribution in [2.75, 3.05) is 0 Å². The number of non-ortho nitro benzene ring substituents is 1. The van der Waals surface area contributed by atoms with E-state index in [0.717, 1.165) is 11.3 Å². The Hall–Kier alpha value is -3.95. The Balaban J connectivity index is 1.49. The highest BCUT2D eigenvalue weighted by Crippen LogP contribution is 2.38. The van der Waals surface area contributed by atoms with Gasteiger partial charge in [-0.05, 0) is 29.8 Å². The number of amides is 1. The molecule has 0 radical (unpaired) electrons. The van der Waals surface area contributed by atoms with Crippen LogP contribution in [0.5, 0.6) is 0 Å². The number of aliphatic imine (C=N–C) groups is 1. The van der Waals surface area contributed by atoms with Gasteiger partial charge in [-0.25, -0.2) is 0 Å². The van der Waals surface area contributed by atoms with Crippen LogP contribution in [0.25, 0.3) is 23.1 Å². The summed E-state index contributed by atoms with van der Waals surface area (Å²) in [6.07, 6.45) is 1.44. The number of thioether (sulfide) groups is 1. The van der Waals surface area contributed by atoms with E-state index in [1.807, 2.05) is 35.7 Å². The van der Waals surface area contributed by atoms with Gasteiger partial charge in [-0.3, -0.25) is 25.2 Å². The molecule has 0 saturated heterocycles. The topological polar surface area (TPSA) is 113 Å². The Bertz CT molecular complexity index is 1430. The van der Waals surface area contributed by atoms with Crippen molar-refractivity contribution in [2.45, 2.75) is 0 Å². The van der Waals surface area contributed by atoms with Crippen molar-refractivity contribution in [1.82, 2.24) is 4.90 Å². The molecule has 1 aromatic heterocycles. The number of nitro groups is 1. The number of nitrogens with zero attached hydrogens (tertiary/aromatic N) is 3. The van der Waals surface area contributed by atoms with E-state index in [9.17, 15) is 14.9 Å². The number of nitro benzene ring substituents is 1. The molecular formula is C23H13ClN4O4S. The first-order valence-corrected chi connectivity index (χ1v) is 10.9. The van der Waals surface area contributed by atoms with Gasteiger partial charge < -0.3 is 4.42 Å². The molecule has 0 bridgehead atoms. The Morgan fingerprint density at radius 3 is 2.70 bits per heavy atom. The average Bonchev–Trinajstić information content (AvgIpc) is 3.44. The Labute approximate surface area is 196 Å². The maximum absolute atomic E-state index is 12.6. The molecule has 2 aliphatic heterocycles. The van der Waals surface area contributed by atoms with Gasteiger partial charge in [-0.2, -0.15) is 4.99 Å². The van der Waals surface area contributed by atoms with Crippen LogP contribution >= 0.6 is 23.4 Å². The fraction of sp³-hybridized carbons (Fsp3) is 0. The number of benzene rings is 2. The zero-order chi connectivity index (χ0) is 23.1. The van der Waals surface area contributed by atoms with Gasteiger partial charge in [0.05, 0.1) is 21.2 Å². The molecule has 8 nitrogen and oxygen atoms in total. The molecule has 0 atom stereocenters. The van der Waals surface area contributed by atoms with E-state index in [-0.39, 0.29) is 27.9 Å². The van der Waals surface area contributed by atoms with Crippen molar-refractivity contribution in [1.29, 1.82) is 5.41 Å². The van der Waals surface area contributed by atoms with Crippen LogP contribution in [0.4, 0.5) is 5.69 Å². The van der Waals surface area contributed by atoms with Crippen LogP contribution in [0, 0.1) is 15.5 Å². The largest absolute Gasteiger partial charge is 0.457 e. The molecule has 0 spiro atoms. The average molecular weight is 477 g/mol. The van der Waals surface area contributed by atoms with Gasteiger partial charge in [0.15, 0.2) is 5.17 Å². The Kier molecular flexibility index (Phi) is 5.20. The van der Waals surface area contributed by atoms with Gasteiger partial charge >= 0.3 is 0 Å². The van der Waals surface area contributed by atoms with Crippen molar-refractivity contribution in [2.24, 2.45) is 4.99 Å². The summed E-state index contributed by atoms with van der Waals surface area (Å²) in [6.45, 7) is 0. The van der Waals surface area contributed by atoms with Gasteiger partial charge in [0, 0.05) is 23.1 Å². The number of carbonyl (C=O) groups excluding carboxylic acids is 1. The van der Waals surface area contributed by atoms with Crippen LogP contribution in [0.2, 0.25) is 5.02 Å². The summed E-state index contributed by atoms with van der Waals surface area (Å²) in [5.74, 6) is 0.0248. The van der Waals surface area contributed by atoms with E-state index in [1.165, 1.54) is 36.0 Å². The Morgan fingerprint density at radius 1 is 1.15 bits per heavy atom. The van der Waals surface area contributed by atoms with Crippen LogP contribution in [0.3, 0.4) is 0 Å². The normalized spacial score (nSPS) is 16.6. The fourth-order valence-corrected chi connectivity index (χ4v) is 4.55. The van der Waals surface area contributed by atoms with Crippen molar-refractivity contribution >= 4 is 57.7 Å². The van der Waals surface area contributed by atoms with Gasteiger partial charge in [0.1, 0.15) is 17.4 Å². The monoisotopic (exact) mass is 476 g/mol. The summed E-state index contributed by atoms with van der Waals surface area (Å²) in [6, 6.07) is 16.8. The zero-order valence-electron chi connectivity index (χ0n) is 16.7. The molecule has 1 amide bonds. The number of furan rings is 1. The lowest BCUT2D eigenvalue weighted by Crippen LogP contribution is -2.37. The predicted molar refractivity (Wildman–Crippen MR) is 128 cm³/mol. The standard InChI is InChI=1S/C23H13ClN4O4S/c24-18-8-6-14(28(30)31)10-16(18)20-9-7-15(32-20)11-17-21(25)27-19(13-4-2-1-3-5-13)12-33-23(27)26-22(17)29/h1-12,25H/b17-11-,25-21?. The molecule has 3 heterocycles. The second-order valence-electron chi connectivity index (χ2n) is 7.05. The van der Waals surface area contributed by atoms with Gasteiger partial charge in [-0.1, -0.05) is 53.7 Å². The molecular weight excluding hydrogens is 464 g/mol. The highest BCUT2D eigenvalue weighted by Gasteiger charge is 2.36. The third kappa shape index (κ3) is 3.77. The van der Waals surface area contributed by atoms with E-state index in [0.29, 0.717) is 16.5 Å². The summed E-state index contributed by atoms with van der Waals surface area (Å²) in [7, 11) is 0. The molecule has 1 N–H and O–H groups in total. The first-order valence-electron chi connectivity index (χ1n) is 9.62. The van der Waals surface area contributed by atoms with E-state index < -0.39 is 10.8 Å². The lowest BCUT2D eigenvalue weighted by molar-refractivity contribution is -0.384. The number of nitrogens with one attached hydrogen (secondary N) is 1. The summed E-state index contributed by atoms with van der Waals surface area (Å²) >= 11 is 7.48. The van der Waals surface area contributed by atoms with Crippen molar-refractivity contribution in [3.63, 3.8) is 0 Å². The minimum Gasteiger partial charge on any atom is -0.457 e. The maximum atomic E-state index is 12.6. The van der Waals surface area contributed by atoms with E-state index in [2.05, 4.69) is 4.99 Å². The smallest absolute Gasteiger partial charge is 0.283 e. The summed E-state index contributed by atoms with van der Waals surface area (Å²) in [4.78, 5) is 29.0. The van der Waals surface area contributed by atoms with Crippen LogP contribution in [-0.2, 0) is 4.79 Å². The molecule has 0 aliphatic carbocycles. The summed E-state index contributed by atoms with van der Waals surface area (Å²) in [5.41, 5.74) is 1.95. The molecule has 0 saturated carbocycles. The number of amidine groups is 2. The molecule has 5 rings (SSSR count). The van der Waals surface area contributed by atoms with E-state index in [1.54, 1.807) is 17.0 Å². The SMILES string of the molecule is N=C1/C(=C/c2ccc(-c3cc([N+](=O)[O-])ccc3Cl)o2)C(=O)N=C2SC=C(c3ccccc3)N12. The molecule has 0 fully saturated rings. The summed E-state index contributed by atoms with van der Waals surface area (Å²) < 4.78 is 5.79. The molecule has 0 unspecified atom stereocenters. The summed E-state index contributed by atoms with van der Waals surface area (Å²) in [5, 5.41) is 22.3. The van der Waals surface area contributed by atoms with Crippen molar-refractivity contribution < 1.29 is 14.1 Å². The Morgan fingerprint density at radius 2 is 1.94 bits per heavy atom. The first-order chi connectivity index (χ1) is 15.9. The van der Waals surface area contributed by atoms with Crippen molar-refractivity contribution in [3.05, 3.63) is 98.1 Å². The molecule has 2 aliphatic rings. The molecule has 33 heavy (non-hydrogen) atoms. The lowest BCUT2D eigenvalue weighted by Gasteiger charge is -2.26. The number of fused-ring (bicyclic) bond motifs is 1. The molecule has 162 valence electrons. The van der Waals surface area contributed by atoms with Gasteiger partial charge in [-0.15, -0.1) is 0 Å². The minimum atomic E-state index is -0.548. The lowest BCUT2D eigenvalue weighted by atomic mass is 10.1. The first kappa shape index (κ1) is 20.9. The molecule has 3 aromatic rings. The highest BCUT2D eigenvalue weighted by molar-refractivity contribution is 8.17. The predicted octanol–water partition coefficient (Wildman–Crippen LogP) is 5.81. The van der Waals surface area contributed by atoms with Crippen LogP contribution in [0.15, 0.2) is 81.1 Å². The fourth-order valence-electron chi connectivity index (χ4n) is 3.45. The number of hydrogen-bond acceptors (Lipinski definition) is 6. The quantitative estimate of drug-likeness (QED) is 0.288. The number of carbonyl (C=O) groups is 1. The molecule has 10 heteroatoms. The second kappa shape index (κ2) is 8.19. The van der Waals surface area contributed by atoms with E-state index in [4.69, 9.17) is 21.4 Å². The van der Waals surface area contributed by atoms with Gasteiger partial charge in [0.2, 0.25) is 0 Å². The van der Waals surface area contributed by atoms with Crippen LogP contribution in [0.1, 0.15) is 11.3 Å².